The average Bonchev–Trinajstić information content (AvgIpc) is 3.53. The molecule has 27 heavy (non-hydrogen) atoms. The first-order valence-corrected chi connectivity index (χ1v) is 8.88. The summed E-state index contributed by atoms with van der Waals surface area (Å²) in [6.07, 6.45) is 9.15. The summed E-state index contributed by atoms with van der Waals surface area (Å²) < 4.78 is 0. The van der Waals surface area contributed by atoms with Crippen molar-refractivity contribution in [2.75, 3.05) is 11.1 Å². The summed E-state index contributed by atoms with van der Waals surface area (Å²) in [4.78, 5) is 18.9. The molecule has 1 saturated carbocycles. The zero-order valence-corrected chi connectivity index (χ0v) is 15.1. The van der Waals surface area contributed by atoms with Crippen molar-refractivity contribution in [2.24, 2.45) is 5.92 Å². The summed E-state index contributed by atoms with van der Waals surface area (Å²) >= 11 is 0. The van der Waals surface area contributed by atoms with Gasteiger partial charge >= 0.3 is 0 Å². The number of pyridine rings is 2. The van der Waals surface area contributed by atoms with Gasteiger partial charge in [0.15, 0.2) is 0 Å². The molecule has 2 aromatic heterocycles. The molecule has 3 aromatic rings. The number of rotatable bonds is 4. The molecule has 1 aromatic carbocycles. The summed E-state index contributed by atoms with van der Waals surface area (Å²) in [5.41, 5.74) is 10.1. The highest BCUT2D eigenvalue weighted by molar-refractivity contribution is 5.98. The number of fused-ring (bicyclic) bond motifs is 1. The first kappa shape index (κ1) is 18.3. The third-order valence-corrected chi connectivity index (χ3v) is 4.44. The van der Waals surface area contributed by atoms with E-state index in [4.69, 9.17) is 11.0 Å². The van der Waals surface area contributed by atoms with Crippen LogP contribution in [-0.4, -0.2) is 16.4 Å². The highest BCUT2D eigenvalue weighted by Crippen LogP contribution is 2.31. The Balaban J connectivity index is 0.000000364. The average molecular weight is 359 g/mol. The van der Waals surface area contributed by atoms with E-state index >= 15 is 0 Å². The molecule has 0 radical (unpaired) electrons. The van der Waals surface area contributed by atoms with E-state index < -0.39 is 0 Å². The Morgan fingerprint density at radius 2 is 2.15 bits per heavy atom. The molecular formula is C21H21N5O. The van der Waals surface area contributed by atoms with Crippen molar-refractivity contribution in [3.63, 3.8) is 0 Å². The Bertz CT molecular complexity index is 1010. The number of aryl methyl sites for hydroxylation is 1. The van der Waals surface area contributed by atoms with Gasteiger partial charge in [-0.3, -0.25) is 9.78 Å². The molecule has 136 valence electrons. The van der Waals surface area contributed by atoms with Gasteiger partial charge in [0.25, 0.3) is 0 Å². The molecule has 0 aliphatic heterocycles. The SMILES string of the molecule is CCc1ccncc1-c1cc(N)c2cnc(NC=O)cc2c1.N#CC1CC1. The van der Waals surface area contributed by atoms with Crippen molar-refractivity contribution >= 4 is 28.7 Å². The van der Waals surface area contributed by atoms with E-state index in [1.807, 2.05) is 30.5 Å². The van der Waals surface area contributed by atoms with Gasteiger partial charge in [0.2, 0.25) is 6.41 Å². The maximum absolute atomic E-state index is 10.6. The number of nitriles is 1. The Morgan fingerprint density at radius 1 is 1.33 bits per heavy atom. The lowest BCUT2D eigenvalue weighted by Gasteiger charge is -2.11. The molecule has 0 atom stereocenters. The molecule has 1 aliphatic rings. The number of nitrogens with two attached hydrogens (primary N) is 1. The summed E-state index contributed by atoms with van der Waals surface area (Å²) in [5, 5.41) is 12.3. The highest BCUT2D eigenvalue weighted by atomic mass is 16.1. The number of carbonyl (C=O) groups excluding carboxylic acids is 1. The molecule has 1 amide bonds. The van der Waals surface area contributed by atoms with Crippen LogP contribution in [0, 0.1) is 17.2 Å². The minimum atomic E-state index is 0.440. The van der Waals surface area contributed by atoms with Gasteiger partial charge in [-0.15, -0.1) is 0 Å². The van der Waals surface area contributed by atoms with E-state index in [9.17, 15) is 4.79 Å². The number of carbonyl (C=O) groups is 1. The van der Waals surface area contributed by atoms with Crippen molar-refractivity contribution in [3.05, 3.63) is 48.4 Å². The van der Waals surface area contributed by atoms with E-state index in [2.05, 4.69) is 28.3 Å². The maximum atomic E-state index is 10.6. The molecular weight excluding hydrogens is 338 g/mol. The minimum absolute atomic E-state index is 0.440. The number of nitrogens with zero attached hydrogens (tertiary/aromatic N) is 3. The third kappa shape index (κ3) is 4.39. The first-order chi connectivity index (χ1) is 13.2. The van der Waals surface area contributed by atoms with Gasteiger partial charge in [0.05, 0.1) is 6.07 Å². The van der Waals surface area contributed by atoms with Gasteiger partial charge < -0.3 is 11.1 Å². The van der Waals surface area contributed by atoms with Crippen LogP contribution in [0.1, 0.15) is 25.3 Å². The lowest BCUT2D eigenvalue weighted by atomic mass is 9.97. The van der Waals surface area contributed by atoms with Gasteiger partial charge in [0.1, 0.15) is 5.82 Å². The number of amides is 1. The lowest BCUT2D eigenvalue weighted by molar-refractivity contribution is -0.105. The molecule has 0 bridgehead atoms. The fraction of sp³-hybridized carbons (Fsp3) is 0.238. The molecule has 0 unspecified atom stereocenters. The Hall–Kier alpha value is -3.46. The molecule has 0 saturated heterocycles. The maximum Gasteiger partial charge on any atom is 0.212 e. The highest BCUT2D eigenvalue weighted by Gasteiger charge is 2.19. The van der Waals surface area contributed by atoms with Gasteiger partial charge in [-0.25, -0.2) is 4.98 Å². The van der Waals surface area contributed by atoms with Crippen LogP contribution in [0.2, 0.25) is 0 Å². The predicted octanol–water partition coefficient (Wildman–Crippen LogP) is 3.93. The molecule has 1 aliphatic carbocycles. The van der Waals surface area contributed by atoms with E-state index in [0.717, 1.165) is 41.2 Å². The van der Waals surface area contributed by atoms with E-state index in [0.29, 0.717) is 23.8 Å². The van der Waals surface area contributed by atoms with Crippen molar-refractivity contribution in [1.29, 1.82) is 5.26 Å². The molecule has 4 rings (SSSR count). The normalized spacial score (nSPS) is 12.6. The minimum Gasteiger partial charge on any atom is -0.398 e. The standard InChI is InChI=1S/C17H16N4O.C4H5N/c1-2-11-3-4-19-8-14(11)12-5-13-7-17(21-10-22)20-9-15(13)16(18)6-12;5-3-4-1-2-4/h3-10H,2,18H2,1H3,(H,20,21,22);4H,1-2H2. The van der Waals surface area contributed by atoms with Crippen LogP contribution in [-0.2, 0) is 11.2 Å². The molecule has 0 spiro atoms. The number of aromatic nitrogens is 2. The van der Waals surface area contributed by atoms with E-state index in [-0.39, 0.29) is 0 Å². The van der Waals surface area contributed by atoms with Crippen LogP contribution in [0.15, 0.2) is 42.9 Å². The number of hydrogen-bond donors (Lipinski definition) is 2. The van der Waals surface area contributed by atoms with E-state index in [1.54, 1.807) is 12.4 Å². The Morgan fingerprint density at radius 3 is 2.78 bits per heavy atom. The molecule has 2 heterocycles. The number of nitrogen functional groups attached to an aromatic ring is 1. The number of anilines is 2. The smallest absolute Gasteiger partial charge is 0.212 e. The number of hydrogen-bond acceptors (Lipinski definition) is 5. The summed E-state index contributed by atoms with van der Waals surface area (Å²) in [7, 11) is 0. The van der Waals surface area contributed by atoms with Gasteiger partial charge in [0, 0.05) is 41.1 Å². The largest absolute Gasteiger partial charge is 0.398 e. The summed E-state index contributed by atoms with van der Waals surface area (Å²) in [6.45, 7) is 2.11. The van der Waals surface area contributed by atoms with Crippen LogP contribution >= 0.6 is 0 Å². The third-order valence-electron chi connectivity index (χ3n) is 4.44. The second kappa shape index (κ2) is 8.28. The Labute approximate surface area is 158 Å². The van der Waals surface area contributed by atoms with Crippen molar-refractivity contribution in [2.45, 2.75) is 26.2 Å². The Kier molecular flexibility index (Phi) is 5.62. The van der Waals surface area contributed by atoms with Gasteiger partial charge in [-0.2, -0.15) is 5.26 Å². The fourth-order valence-corrected chi connectivity index (χ4v) is 2.78. The first-order valence-electron chi connectivity index (χ1n) is 8.88. The second-order valence-electron chi connectivity index (χ2n) is 6.41. The fourth-order valence-electron chi connectivity index (χ4n) is 2.78. The van der Waals surface area contributed by atoms with Crippen LogP contribution < -0.4 is 11.1 Å². The van der Waals surface area contributed by atoms with Gasteiger partial charge in [-0.1, -0.05) is 6.92 Å². The quantitative estimate of drug-likeness (QED) is 0.542. The zero-order chi connectivity index (χ0) is 19.2. The van der Waals surface area contributed by atoms with Crippen molar-refractivity contribution in [3.8, 4) is 17.2 Å². The number of nitrogens with one attached hydrogen (secondary N) is 1. The molecule has 6 heteroatoms. The zero-order valence-electron chi connectivity index (χ0n) is 15.1. The van der Waals surface area contributed by atoms with Crippen molar-refractivity contribution < 1.29 is 4.79 Å². The van der Waals surface area contributed by atoms with Crippen molar-refractivity contribution in [1.82, 2.24) is 9.97 Å². The van der Waals surface area contributed by atoms with Crippen LogP contribution in [0.4, 0.5) is 11.5 Å². The van der Waals surface area contributed by atoms with Crippen LogP contribution in [0.25, 0.3) is 21.9 Å². The molecule has 6 nitrogen and oxygen atoms in total. The lowest BCUT2D eigenvalue weighted by Crippen LogP contribution is -1.98. The number of benzene rings is 1. The van der Waals surface area contributed by atoms with Crippen LogP contribution in [0.3, 0.4) is 0 Å². The second-order valence-corrected chi connectivity index (χ2v) is 6.41. The topological polar surface area (TPSA) is 105 Å². The molecule has 1 fully saturated rings. The summed E-state index contributed by atoms with van der Waals surface area (Å²) in [5.74, 6) is 0.941. The van der Waals surface area contributed by atoms with Gasteiger partial charge in [-0.05, 0) is 60.0 Å². The predicted molar refractivity (Wildman–Crippen MR) is 107 cm³/mol. The van der Waals surface area contributed by atoms with E-state index in [1.165, 1.54) is 5.56 Å². The monoisotopic (exact) mass is 359 g/mol. The van der Waals surface area contributed by atoms with Crippen LogP contribution in [0.5, 0.6) is 0 Å². The molecule has 3 N–H and O–H groups in total. The summed E-state index contributed by atoms with van der Waals surface area (Å²) in [6, 6.07) is 9.94.